The molecule has 0 aliphatic heterocycles. The molecule has 0 aromatic carbocycles. The molecule has 0 amide bonds. The van der Waals surface area contributed by atoms with Gasteiger partial charge in [-0.3, -0.25) is 0 Å². The summed E-state index contributed by atoms with van der Waals surface area (Å²) in [6.07, 6.45) is 8.16. The third kappa shape index (κ3) is 5.68. The van der Waals surface area contributed by atoms with Gasteiger partial charge in [-0.1, -0.05) is 42.0 Å². The quantitative estimate of drug-likeness (QED) is 0.442. The smallest absolute Gasteiger partial charge is 0.0400 e. The summed E-state index contributed by atoms with van der Waals surface area (Å²) in [6, 6.07) is 0. The molecule has 0 aliphatic carbocycles. The monoisotopic (exact) mass is 168 g/mol. The Labute approximate surface area is 73.6 Å². The molecular formula is C10H13Cl. The van der Waals surface area contributed by atoms with Gasteiger partial charge in [0.05, 0.1) is 0 Å². The summed E-state index contributed by atoms with van der Waals surface area (Å²) < 4.78 is 0. The number of hydrogen-bond acceptors (Lipinski definition) is 0. The molecule has 0 bridgehead atoms. The van der Waals surface area contributed by atoms with Gasteiger partial charge in [0.1, 0.15) is 0 Å². The zero-order valence-electron chi connectivity index (χ0n) is 6.81. The van der Waals surface area contributed by atoms with E-state index in [1.807, 2.05) is 25.2 Å². The Morgan fingerprint density at radius 1 is 1.36 bits per heavy atom. The second kappa shape index (κ2) is 5.99. The van der Waals surface area contributed by atoms with Gasteiger partial charge in [-0.05, 0) is 19.4 Å². The molecule has 0 unspecified atom stereocenters. The van der Waals surface area contributed by atoms with Crippen molar-refractivity contribution in [2.45, 2.75) is 13.3 Å². The Balaban J connectivity index is 4.09. The lowest BCUT2D eigenvalue weighted by molar-refractivity contribution is 1.22. The van der Waals surface area contributed by atoms with Gasteiger partial charge >= 0.3 is 0 Å². The summed E-state index contributed by atoms with van der Waals surface area (Å²) in [4.78, 5) is 0. The number of rotatable bonds is 4. The van der Waals surface area contributed by atoms with Gasteiger partial charge in [-0.25, -0.2) is 0 Å². The molecular weight excluding hydrogens is 156 g/mol. The molecule has 0 heterocycles. The van der Waals surface area contributed by atoms with Gasteiger partial charge in [0, 0.05) is 5.03 Å². The maximum Gasteiger partial charge on any atom is 0.0400 e. The normalized spacial score (nSPS) is 12.9. The fourth-order valence-electron chi connectivity index (χ4n) is 0.586. The van der Waals surface area contributed by atoms with E-state index in [0.29, 0.717) is 5.03 Å². The third-order valence-corrected chi connectivity index (χ3v) is 1.47. The molecule has 60 valence electrons. The molecule has 11 heavy (non-hydrogen) atoms. The summed E-state index contributed by atoms with van der Waals surface area (Å²) in [6.45, 7) is 9.20. The molecule has 0 saturated heterocycles. The van der Waals surface area contributed by atoms with Crippen LogP contribution in [0.2, 0.25) is 0 Å². The average molecular weight is 169 g/mol. The average Bonchev–Trinajstić information content (AvgIpc) is 2.01. The first-order valence-corrected chi connectivity index (χ1v) is 3.84. The molecule has 0 radical (unpaired) electrons. The molecule has 0 aromatic rings. The Hall–Kier alpha value is -0.750. The van der Waals surface area contributed by atoms with E-state index in [1.165, 1.54) is 5.57 Å². The van der Waals surface area contributed by atoms with Crippen LogP contribution in [0.5, 0.6) is 0 Å². The Morgan fingerprint density at radius 2 is 2.00 bits per heavy atom. The third-order valence-electron chi connectivity index (χ3n) is 1.19. The molecule has 0 atom stereocenters. The fraction of sp³-hybridized carbons (Fsp3) is 0.200. The summed E-state index contributed by atoms with van der Waals surface area (Å²) in [5.74, 6) is 0. The minimum Gasteiger partial charge on any atom is -0.103 e. The van der Waals surface area contributed by atoms with Crippen molar-refractivity contribution in [2.75, 3.05) is 0 Å². The van der Waals surface area contributed by atoms with Gasteiger partial charge in [0.25, 0.3) is 0 Å². The van der Waals surface area contributed by atoms with E-state index >= 15 is 0 Å². The number of hydrogen-bond donors (Lipinski definition) is 0. The van der Waals surface area contributed by atoms with Gasteiger partial charge in [0.15, 0.2) is 0 Å². The predicted molar refractivity (Wildman–Crippen MR) is 52.7 cm³/mol. The highest BCUT2D eigenvalue weighted by Crippen LogP contribution is 2.05. The van der Waals surface area contributed by atoms with E-state index < -0.39 is 0 Å². The molecule has 0 N–H and O–H groups in total. The molecule has 0 rings (SSSR count). The summed E-state index contributed by atoms with van der Waals surface area (Å²) >= 11 is 5.68. The first-order valence-electron chi connectivity index (χ1n) is 3.47. The Morgan fingerprint density at radius 3 is 2.45 bits per heavy atom. The van der Waals surface area contributed by atoms with Gasteiger partial charge in [-0.15, -0.1) is 6.58 Å². The van der Waals surface area contributed by atoms with Crippen LogP contribution in [0.15, 0.2) is 48.1 Å². The van der Waals surface area contributed by atoms with Crippen LogP contribution >= 0.6 is 11.6 Å². The van der Waals surface area contributed by atoms with Gasteiger partial charge in [0.2, 0.25) is 0 Å². The molecule has 0 nitrogen and oxygen atoms in total. The van der Waals surface area contributed by atoms with Crippen LogP contribution in [0.4, 0.5) is 0 Å². The van der Waals surface area contributed by atoms with E-state index in [0.717, 1.165) is 6.42 Å². The van der Waals surface area contributed by atoms with Crippen LogP contribution < -0.4 is 0 Å². The summed E-state index contributed by atoms with van der Waals surface area (Å²) in [5, 5.41) is 0.661. The zero-order chi connectivity index (χ0) is 8.69. The van der Waals surface area contributed by atoms with Crippen LogP contribution in [-0.2, 0) is 0 Å². The maximum atomic E-state index is 5.68. The zero-order valence-corrected chi connectivity index (χ0v) is 7.56. The van der Waals surface area contributed by atoms with Crippen molar-refractivity contribution in [3.05, 3.63) is 48.1 Å². The van der Waals surface area contributed by atoms with Crippen molar-refractivity contribution in [3.8, 4) is 0 Å². The van der Waals surface area contributed by atoms with E-state index in [2.05, 4.69) is 13.2 Å². The number of allylic oxidation sites excluding steroid dienone is 6. The highest BCUT2D eigenvalue weighted by atomic mass is 35.5. The van der Waals surface area contributed by atoms with Crippen molar-refractivity contribution < 1.29 is 0 Å². The largest absolute Gasteiger partial charge is 0.103 e. The first-order chi connectivity index (χ1) is 5.20. The van der Waals surface area contributed by atoms with Crippen LogP contribution in [0.1, 0.15) is 13.3 Å². The van der Waals surface area contributed by atoms with Crippen LogP contribution in [0.3, 0.4) is 0 Å². The lowest BCUT2D eigenvalue weighted by Crippen LogP contribution is -1.70. The highest BCUT2D eigenvalue weighted by Gasteiger charge is 1.82. The fourth-order valence-corrected chi connectivity index (χ4v) is 0.649. The maximum absolute atomic E-state index is 5.68. The van der Waals surface area contributed by atoms with Crippen molar-refractivity contribution in [1.82, 2.24) is 0 Å². The first kappa shape index (κ1) is 10.2. The number of halogens is 1. The Bertz CT molecular complexity index is 197. The van der Waals surface area contributed by atoms with E-state index in [-0.39, 0.29) is 0 Å². The molecule has 0 spiro atoms. The predicted octanol–water partition coefficient (Wildman–Crippen LogP) is 3.82. The molecule has 0 aliphatic rings. The van der Waals surface area contributed by atoms with E-state index in [1.54, 1.807) is 6.08 Å². The van der Waals surface area contributed by atoms with E-state index in [9.17, 15) is 0 Å². The SMILES string of the molecule is C=CC/C(C)=C\C=C(\Cl)C=C. The molecule has 0 aromatic heterocycles. The molecule has 0 saturated carbocycles. The minimum absolute atomic E-state index is 0.661. The lowest BCUT2D eigenvalue weighted by atomic mass is 10.2. The van der Waals surface area contributed by atoms with Crippen molar-refractivity contribution in [3.63, 3.8) is 0 Å². The van der Waals surface area contributed by atoms with Crippen molar-refractivity contribution >= 4 is 11.6 Å². The lowest BCUT2D eigenvalue weighted by Gasteiger charge is -1.90. The van der Waals surface area contributed by atoms with Crippen molar-refractivity contribution in [2.24, 2.45) is 0 Å². The molecule has 1 heteroatoms. The Kier molecular flexibility index (Phi) is 5.58. The second-order valence-electron chi connectivity index (χ2n) is 2.26. The standard InChI is InChI=1S/C10H13Cl/c1-4-6-9(3)7-8-10(11)5-2/h4-5,7-8H,1-2,6H2,3H3/b9-7-,10-8+. The molecule has 0 fully saturated rings. The van der Waals surface area contributed by atoms with Crippen LogP contribution in [-0.4, -0.2) is 0 Å². The van der Waals surface area contributed by atoms with Gasteiger partial charge in [-0.2, -0.15) is 0 Å². The summed E-state index contributed by atoms with van der Waals surface area (Å²) in [7, 11) is 0. The van der Waals surface area contributed by atoms with E-state index in [4.69, 9.17) is 11.6 Å². The topological polar surface area (TPSA) is 0 Å². The van der Waals surface area contributed by atoms with Crippen molar-refractivity contribution in [1.29, 1.82) is 0 Å². The minimum atomic E-state index is 0.661. The summed E-state index contributed by atoms with van der Waals surface area (Å²) in [5.41, 5.74) is 1.24. The second-order valence-corrected chi connectivity index (χ2v) is 2.70. The highest BCUT2D eigenvalue weighted by molar-refractivity contribution is 6.31. The van der Waals surface area contributed by atoms with Gasteiger partial charge < -0.3 is 0 Å². The van der Waals surface area contributed by atoms with Crippen LogP contribution in [0.25, 0.3) is 0 Å². The van der Waals surface area contributed by atoms with Crippen LogP contribution in [0, 0.1) is 0 Å².